The van der Waals surface area contributed by atoms with Gasteiger partial charge in [0.2, 0.25) is 11.8 Å². The first-order valence-electron chi connectivity index (χ1n) is 3.02. The highest BCUT2D eigenvalue weighted by Gasteiger charge is 1.72. The highest BCUT2D eigenvalue weighted by Crippen LogP contribution is 1.45. The van der Waals surface area contributed by atoms with Crippen LogP contribution in [0, 0.1) is 0 Å². The van der Waals surface area contributed by atoms with Crippen molar-refractivity contribution in [3.05, 3.63) is 0 Å². The maximum Gasteiger partial charge on any atom is 0.216 e. The van der Waals surface area contributed by atoms with E-state index in [2.05, 4.69) is 16.8 Å². The minimum atomic E-state index is -0.333. The van der Waals surface area contributed by atoms with Gasteiger partial charge in [-0.25, -0.2) is 0 Å². The van der Waals surface area contributed by atoms with Crippen molar-refractivity contribution in [2.24, 2.45) is 11.5 Å². The predicted octanol–water partition coefficient (Wildman–Crippen LogP) is 0.727. The maximum absolute atomic E-state index is 9.70. The second-order valence-corrected chi connectivity index (χ2v) is 1.42. The van der Waals surface area contributed by atoms with Crippen LogP contribution < -0.4 is 16.8 Å². The third kappa shape index (κ3) is 1320. The highest BCUT2D eigenvalue weighted by molar-refractivity contribution is 5.72. The Labute approximate surface area is 89.2 Å². The van der Waals surface area contributed by atoms with Crippen LogP contribution in [0.2, 0.25) is 0 Å². The number of nitrogens with one attached hydrogen (secondary N) is 1. The molecular weight excluding hydrogens is 182 g/mol. The van der Waals surface area contributed by atoms with E-state index >= 15 is 0 Å². The molecule has 0 aromatic carbocycles. The van der Waals surface area contributed by atoms with Crippen LogP contribution in [0.5, 0.6) is 0 Å². The van der Waals surface area contributed by atoms with Crippen LogP contribution in [-0.2, 0) is 9.59 Å². The number of primary amides is 1. The standard InChI is InChI=1S/C3H7NO.C2H5NO.CH5N.3CH4/c1-3(5)4-2;1-2(3)4;1-2;;;/h1-2H3,(H,4,5);1H3,(H2,3,4);2H2,1H3;3*1H4. The van der Waals surface area contributed by atoms with E-state index in [0.29, 0.717) is 0 Å². The van der Waals surface area contributed by atoms with Crippen LogP contribution in [0.4, 0.5) is 0 Å². The van der Waals surface area contributed by atoms with Crippen molar-refractivity contribution in [1.82, 2.24) is 5.32 Å². The molecule has 5 N–H and O–H groups in total. The van der Waals surface area contributed by atoms with Crippen LogP contribution in [-0.4, -0.2) is 25.9 Å². The molecule has 0 aliphatic heterocycles. The molecule has 0 saturated carbocycles. The lowest BCUT2D eigenvalue weighted by Gasteiger charge is -1.80. The van der Waals surface area contributed by atoms with Crippen molar-refractivity contribution in [3.63, 3.8) is 0 Å². The van der Waals surface area contributed by atoms with Gasteiger partial charge >= 0.3 is 0 Å². The SMILES string of the molecule is C.C.C.CC(N)=O.CN.CNC(C)=O. The molecule has 0 aromatic rings. The number of amides is 2. The van der Waals surface area contributed by atoms with E-state index < -0.39 is 0 Å². The van der Waals surface area contributed by atoms with Crippen LogP contribution >= 0.6 is 0 Å². The summed E-state index contributed by atoms with van der Waals surface area (Å²) in [6.07, 6.45) is 0. The van der Waals surface area contributed by atoms with E-state index in [4.69, 9.17) is 0 Å². The first-order valence-corrected chi connectivity index (χ1v) is 3.02. The molecule has 0 spiro atoms. The second-order valence-electron chi connectivity index (χ2n) is 1.42. The molecule has 14 heavy (non-hydrogen) atoms. The van der Waals surface area contributed by atoms with Gasteiger partial charge in [0.05, 0.1) is 0 Å². The number of hydrogen-bond acceptors (Lipinski definition) is 3. The van der Waals surface area contributed by atoms with Crippen molar-refractivity contribution in [2.45, 2.75) is 36.1 Å². The molecule has 0 saturated heterocycles. The molecule has 0 radical (unpaired) electrons. The monoisotopic (exact) mass is 211 g/mol. The maximum atomic E-state index is 9.70. The average molecular weight is 211 g/mol. The Morgan fingerprint density at radius 2 is 1.07 bits per heavy atom. The molecule has 0 atom stereocenters. The average Bonchev–Trinajstić information content (AvgIpc) is 1.91. The fourth-order valence-electron chi connectivity index (χ4n) is 0. The Hall–Kier alpha value is -1.10. The Bertz CT molecular complexity index is 102. The number of carbonyl (C=O) groups excluding carboxylic acids is 2. The molecular formula is C9H29N3O2. The van der Waals surface area contributed by atoms with Gasteiger partial charge in [-0.05, 0) is 7.05 Å². The summed E-state index contributed by atoms with van der Waals surface area (Å²) < 4.78 is 0. The van der Waals surface area contributed by atoms with Gasteiger partial charge in [-0.1, -0.05) is 22.3 Å². The van der Waals surface area contributed by atoms with Gasteiger partial charge in [-0.15, -0.1) is 0 Å². The van der Waals surface area contributed by atoms with Crippen LogP contribution in [0.25, 0.3) is 0 Å². The minimum Gasteiger partial charge on any atom is -0.370 e. The molecule has 92 valence electrons. The van der Waals surface area contributed by atoms with Gasteiger partial charge in [-0.3, -0.25) is 9.59 Å². The quantitative estimate of drug-likeness (QED) is 0.551. The van der Waals surface area contributed by atoms with Crippen molar-refractivity contribution >= 4 is 11.8 Å². The summed E-state index contributed by atoms with van der Waals surface area (Å²) in [4.78, 5) is 18.9. The summed E-state index contributed by atoms with van der Waals surface area (Å²) >= 11 is 0. The third-order valence-corrected chi connectivity index (χ3v) is 0.352. The van der Waals surface area contributed by atoms with Crippen molar-refractivity contribution < 1.29 is 9.59 Å². The lowest BCUT2D eigenvalue weighted by Crippen LogP contribution is -2.11. The topological polar surface area (TPSA) is 98.2 Å². The summed E-state index contributed by atoms with van der Waals surface area (Å²) in [5, 5.41) is 2.39. The van der Waals surface area contributed by atoms with Crippen molar-refractivity contribution in [3.8, 4) is 0 Å². The molecule has 0 bridgehead atoms. The Morgan fingerprint density at radius 3 is 1.07 bits per heavy atom. The van der Waals surface area contributed by atoms with Crippen LogP contribution in [0.1, 0.15) is 36.1 Å². The van der Waals surface area contributed by atoms with E-state index in [1.165, 1.54) is 20.9 Å². The Balaban J connectivity index is -0.0000000166. The predicted molar refractivity (Wildman–Crippen MR) is 64.9 cm³/mol. The zero-order valence-corrected chi connectivity index (χ0v) is 7.47. The van der Waals surface area contributed by atoms with E-state index in [1.807, 2.05) is 0 Å². The number of rotatable bonds is 0. The summed E-state index contributed by atoms with van der Waals surface area (Å²) in [7, 11) is 3.10. The lowest BCUT2D eigenvalue weighted by molar-refractivity contribution is -0.118. The van der Waals surface area contributed by atoms with E-state index in [0.717, 1.165) is 0 Å². The van der Waals surface area contributed by atoms with Crippen molar-refractivity contribution in [1.29, 1.82) is 0 Å². The molecule has 0 aliphatic rings. The second kappa shape index (κ2) is 40.6. The zero-order chi connectivity index (χ0) is 9.86. The molecule has 2 amide bonds. The molecule has 0 rings (SSSR count). The Kier molecular flexibility index (Phi) is 111. The van der Waals surface area contributed by atoms with Gasteiger partial charge in [-0.2, -0.15) is 0 Å². The molecule has 0 aliphatic carbocycles. The van der Waals surface area contributed by atoms with E-state index in [9.17, 15) is 9.59 Å². The van der Waals surface area contributed by atoms with Crippen molar-refractivity contribution in [2.75, 3.05) is 14.1 Å². The van der Waals surface area contributed by atoms with E-state index in [-0.39, 0.29) is 34.1 Å². The minimum absolute atomic E-state index is 0. The number of carbonyl (C=O) groups is 2. The molecule has 0 heterocycles. The summed E-state index contributed by atoms with van der Waals surface area (Å²) in [6.45, 7) is 2.78. The number of hydrogen-bond donors (Lipinski definition) is 3. The first-order chi connectivity index (χ1) is 5.00. The highest BCUT2D eigenvalue weighted by atomic mass is 16.1. The summed E-state index contributed by atoms with van der Waals surface area (Å²) in [5.74, 6) is -0.329. The summed E-state index contributed by atoms with van der Waals surface area (Å²) in [5.41, 5.74) is 8.97. The van der Waals surface area contributed by atoms with Gasteiger partial charge in [0.1, 0.15) is 0 Å². The molecule has 0 aromatic heterocycles. The van der Waals surface area contributed by atoms with Gasteiger partial charge in [0.25, 0.3) is 0 Å². The molecule has 0 fully saturated rings. The largest absolute Gasteiger partial charge is 0.370 e. The lowest BCUT2D eigenvalue weighted by atomic mass is 10.7. The smallest absolute Gasteiger partial charge is 0.216 e. The molecule has 0 unspecified atom stereocenters. The summed E-state index contributed by atoms with van der Waals surface area (Å²) in [6, 6.07) is 0. The van der Waals surface area contributed by atoms with Gasteiger partial charge < -0.3 is 16.8 Å². The first kappa shape index (κ1) is 38.4. The van der Waals surface area contributed by atoms with Gasteiger partial charge in [0, 0.05) is 20.9 Å². The Morgan fingerprint density at radius 1 is 1.00 bits per heavy atom. The zero-order valence-electron chi connectivity index (χ0n) is 7.47. The molecule has 5 nitrogen and oxygen atoms in total. The number of nitrogens with two attached hydrogens (primary N) is 2. The van der Waals surface area contributed by atoms with Crippen LogP contribution in [0.15, 0.2) is 0 Å². The fraction of sp³-hybridized carbons (Fsp3) is 0.778. The third-order valence-electron chi connectivity index (χ3n) is 0.352. The fourth-order valence-corrected chi connectivity index (χ4v) is 0. The normalized spacial score (nSPS) is 4.64. The van der Waals surface area contributed by atoms with Gasteiger partial charge in [0.15, 0.2) is 0 Å². The van der Waals surface area contributed by atoms with Crippen LogP contribution in [0.3, 0.4) is 0 Å². The van der Waals surface area contributed by atoms with E-state index in [1.54, 1.807) is 7.05 Å². The molecule has 5 heteroatoms.